The minimum Gasteiger partial charge on any atom is -0.388 e. The van der Waals surface area contributed by atoms with Gasteiger partial charge in [0.2, 0.25) is 5.95 Å². The Morgan fingerprint density at radius 2 is 1.60 bits per heavy atom. The van der Waals surface area contributed by atoms with Crippen LogP contribution in [0.4, 0.5) is 5.95 Å². The summed E-state index contributed by atoms with van der Waals surface area (Å²) in [5, 5.41) is 24.7. The molecule has 0 aliphatic carbocycles. The van der Waals surface area contributed by atoms with Crippen molar-refractivity contribution in [3.05, 3.63) is 41.7 Å². The molecule has 23 nitrogen and oxygen atoms in total. The molecule has 4 unspecified atom stereocenters. The van der Waals surface area contributed by atoms with E-state index in [4.69, 9.17) is 28.8 Å². The fourth-order valence-corrected chi connectivity index (χ4v) is 7.93. The maximum atomic E-state index is 13.4. The molecule has 25 heteroatoms. The molecular formula is C22H25N11O12P2. The number of anilines is 1. The van der Waals surface area contributed by atoms with Gasteiger partial charge in [-0.15, -0.1) is 0 Å². The van der Waals surface area contributed by atoms with Gasteiger partial charge in [-0.25, -0.2) is 34.2 Å². The predicted octanol–water partition coefficient (Wildman–Crippen LogP) is -2.10. The van der Waals surface area contributed by atoms with Crippen molar-refractivity contribution >= 4 is 49.5 Å². The molecule has 8 heterocycles. The number of phosphoric ester groups is 1. The zero-order chi connectivity index (χ0) is 32.8. The summed E-state index contributed by atoms with van der Waals surface area (Å²) in [5.74, 6) is -0.259. The van der Waals surface area contributed by atoms with Gasteiger partial charge in [0, 0.05) is 12.4 Å². The molecule has 0 aromatic carbocycles. The summed E-state index contributed by atoms with van der Waals surface area (Å²) in [4.78, 5) is 57.1. The summed E-state index contributed by atoms with van der Waals surface area (Å²) in [6, 6.07) is -1.46. The molecule has 0 saturated carbocycles. The molecule has 0 amide bonds. The van der Waals surface area contributed by atoms with Gasteiger partial charge < -0.3 is 35.2 Å². The Balaban J connectivity index is 1.11. The SMILES string of the molecule is Nc1nc2c(ncn2[C@@H]2O[C@@H]3COP(=O)(O)OC4[C@@H](COP(=O)(O)NC2[C@H]3O)O[C@@H](n2cnc3c2ncn2ccnc32)[C@H]4O)c(=O)[nH]1. The van der Waals surface area contributed by atoms with E-state index in [0.717, 1.165) is 6.33 Å². The number of phosphoric acid groups is 1. The lowest BCUT2D eigenvalue weighted by atomic mass is 10.1. The molecule has 5 aromatic rings. The summed E-state index contributed by atoms with van der Waals surface area (Å²) in [7, 11) is -9.91. The highest BCUT2D eigenvalue weighted by molar-refractivity contribution is 7.50. The normalized spacial score (nSPS) is 36.8. The van der Waals surface area contributed by atoms with Crippen LogP contribution in [0.3, 0.4) is 0 Å². The summed E-state index contributed by atoms with van der Waals surface area (Å²) in [5.41, 5.74) is 5.87. The molecule has 3 saturated heterocycles. The first kappa shape index (κ1) is 30.6. The number of H-pyrrole nitrogens is 1. The third-order valence-electron chi connectivity index (χ3n) is 8.01. The monoisotopic (exact) mass is 697 g/mol. The van der Waals surface area contributed by atoms with E-state index in [0.29, 0.717) is 11.2 Å². The Morgan fingerprint density at radius 1 is 0.872 bits per heavy atom. The van der Waals surface area contributed by atoms with Gasteiger partial charge in [-0.1, -0.05) is 0 Å². The molecule has 8 N–H and O–H groups in total. The number of ether oxygens (including phenoxy) is 2. The zero-order valence-corrected chi connectivity index (χ0v) is 25.3. The van der Waals surface area contributed by atoms with Gasteiger partial charge in [-0.05, 0) is 0 Å². The van der Waals surface area contributed by atoms with Crippen molar-refractivity contribution in [3.8, 4) is 0 Å². The molecule has 10 atom stereocenters. The van der Waals surface area contributed by atoms with E-state index in [9.17, 15) is 33.9 Å². The number of aliphatic hydroxyl groups is 2. The summed E-state index contributed by atoms with van der Waals surface area (Å²) in [6.45, 7) is -1.53. The van der Waals surface area contributed by atoms with Gasteiger partial charge in [0.1, 0.15) is 36.8 Å². The van der Waals surface area contributed by atoms with E-state index in [1.165, 1.54) is 21.8 Å². The van der Waals surface area contributed by atoms with Gasteiger partial charge in [0.15, 0.2) is 40.4 Å². The quantitative estimate of drug-likeness (QED) is 0.0972. The Kier molecular flexibility index (Phi) is 7.11. The van der Waals surface area contributed by atoms with Gasteiger partial charge in [0.25, 0.3) is 5.56 Å². The second-order valence-corrected chi connectivity index (χ2v) is 13.9. The van der Waals surface area contributed by atoms with Crippen molar-refractivity contribution in [3.63, 3.8) is 0 Å². The predicted molar refractivity (Wildman–Crippen MR) is 152 cm³/mol. The van der Waals surface area contributed by atoms with Crippen LogP contribution < -0.4 is 16.4 Å². The van der Waals surface area contributed by atoms with Crippen molar-refractivity contribution in [2.24, 2.45) is 0 Å². The van der Waals surface area contributed by atoms with Crippen LogP contribution in [0.15, 0.2) is 36.2 Å². The smallest absolute Gasteiger partial charge is 0.388 e. The number of nitrogen functional groups attached to an aromatic ring is 1. The average molecular weight is 697 g/mol. The van der Waals surface area contributed by atoms with Crippen molar-refractivity contribution in [2.75, 3.05) is 18.9 Å². The highest BCUT2D eigenvalue weighted by atomic mass is 31.2. The first-order chi connectivity index (χ1) is 22.4. The molecule has 8 rings (SSSR count). The molecule has 47 heavy (non-hydrogen) atoms. The molecule has 5 aromatic heterocycles. The van der Waals surface area contributed by atoms with Crippen LogP contribution in [0.25, 0.3) is 28.0 Å². The summed E-state index contributed by atoms with van der Waals surface area (Å²) < 4.78 is 58.3. The average Bonchev–Trinajstić information content (AvgIpc) is 3.83. The molecule has 3 aliphatic heterocycles. The third kappa shape index (κ3) is 5.17. The number of imidazole rings is 3. The van der Waals surface area contributed by atoms with Crippen molar-refractivity contribution < 1.29 is 52.2 Å². The number of hydrogen-bond donors (Lipinski definition) is 7. The summed E-state index contributed by atoms with van der Waals surface area (Å²) >= 11 is 0. The molecule has 2 bridgehead atoms. The molecule has 0 radical (unpaired) electrons. The van der Waals surface area contributed by atoms with Crippen molar-refractivity contribution in [2.45, 2.75) is 49.0 Å². The number of nitrogens with two attached hydrogens (primary N) is 1. The van der Waals surface area contributed by atoms with E-state index in [1.807, 2.05) is 0 Å². The number of aliphatic hydroxyl groups excluding tert-OH is 2. The second kappa shape index (κ2) is 10.9. The van der Waals surface area contributed by atoms with Crippen LogP contribution in [0, 0.1) is 0 Å². The lowest BCUT2D eigenvalue weighted by Crippen LogP contribution is -2.43. The Bertz CT molecular complexity index is 2170. The molecule has 3 aliphatic rings. The van der Waals surface area contributed by atoms with Crippen LogP contribution in [-0.2, 0) is 32.2 Å². The van der Waals surface area contributed by atoms with Gasteiger partial charge in [0.05, 0.1) is 31.9 Å². The third-order valence-corrected chi connectivity index (χ3v) is 10.1. The Hall–Kier alpha value is -3.70. The fraction of sp³-hybridized carbons (Fsp3) is 0.455. The van der Waals surface area contributed by atoms with Crippen LogP contribution >= 0.6 is 15.6 Å². The van der Waals surface area contributed by atoms with Crippen LogP contribution in [-0.4, -0.2) is 113 Å². The van der Waals surface area contributed by atoms with Gasteiger partial charge >= 0.3 is 15.6 Å². The zero-order valence-electron chi connectivity index (χ0n) is 23.5. The van der Waals surface area contributed by atoms with Crippen LogP contribution in [0.1, 0.15) is 12.5 Å². The van der Waals surface area contributed by atoms with Crippen LogP contribution in [0.2, 0.25) is 0 Å². The number of aromatic nitrogens is 9. The van der Waals surface area contributed by atoms with Gasteiger partial charge in [-0.3, -0.25) is 36.9 Å². The first-order valence-corrected chi connectivity index (χ1v) is 16.9. The maximum absolute atomic E-state index is 13.4. The first-order valence-electron chi connectivity index (χ1n) is 13.8. The molecule has 3 fully saturated rings. The van der Waals surface area contributed by atoms with E-state index >= 15 is 0 Å². The van der Waals surface area contributed by atoms with Gasteiger partial charge in [-0.2, -0.15) is 4.98 Å². The Labute approximate surface area is 260 Å². The number of nitrogens with one attached hydrogen (secondary N) is 2. The maximum Gasteiger partial charge on any atom is 0.472 e. The lowest BCUT2D eigenvalue weighted by molar-refractivity contribution is -0.0556. The van der Waals surface area contributed by atoms with E-state index in [2.05, 4.69) is 35.0 Å². The van der Waals surface area contributed by atoms with E-state index in [-0.39, 0.29) is 22.8 Å². The standard InChI is InChI=1S/C22H25N11O12P2/c23-22-28-18-12(19(36)29-22)26-7-33(18)20-10-13(34)8(43-20)3-42-47(39,40)45-15-9(4-41-46(37,38)30-10)44-21(14(15)35)32-6-25-11-16-24-1-2-31(16)5-27-17(11)32/h1-2,5-10,13-15,20-21,34-35H,3-4H2,(H,39,40)(H2,30,37,38)(H3,23,28,29,36)/t8-,9-,10?,13+,14+,15?,20-,21-/m1/s1. The molecule has 250 valence electrons. The molecule has 0 spiro atoms. The van der Waals surface area contributed by atoms with Crippen molar-refractivity contribution in [1.29, 1.82) is 0 Å². The summed E-state index contributed by atoms with van der Waals surface area (Å²) in [6.07, 6.45) is -3.34. The minimum atomic E-state index is -5.04. The number of rotatable bonds is 2. The largest absolute Gasteiger partial charge is 0.472 e. The number of hydrogen-bond acceptors (Lipinski definition) is 16. The highest BCUT2D eigenvalue weighted by Gasteiger charge is 2.53. The van der Waals surface area contributed by atoms with Crippen molar-refractivity contribution in [1.82, 2.24) is 48.5 Å². The fourth-order valence-electron chi connectivity index (χ4n) is 5.89. The topological polar surface area (TPSA) is 311 Å². The second-order valence-electron chi connectivity index (χ2n) is 10.9. The van der Waals surface area contributed by atoms with E-state index < -0.39 is 83.4 Å². The van der Waals surface area contributed by atoms with Crippen LogP contribution in [0.5, 0.6) is 0 Å². The van der Waals surface area contributed by atoms with E-state index in [1.54, 1.807) is 16.8 Å². The number of fused-ring (bicyclic) bond motifs is 7. The lowest BCUT2D eigenvalue weighted by Gasteiger charge is -2.26. The number of aromatic amines is 1. The molecular weight excluding hydrogens is 672 g/mol. The minimum absolute atomic E-state index is 0.0833. The Morgan fingerprint density at radius 3 is 2.40 bits per heavy atom. The highest BCUT2D eigenvalue weighted by Crippen LogP contribution is 2.51. The number of nitrogens with zero attached hydrogens (tertiary/aromatic N) is 8.